The van der Waals surface area contributed by atoms with Crippen molar-refractivity contribution in [2.45, 2.75) is 86.0 Å². The van der Waals surface area contributed by atoms with Crippen LogP contribution in [-0.4, -0.2) is 9.28 Å². The van der Waals surface area contributed by atoms with Gasteiger partial charge in [-0.3, -0.25) is 5.84 Å². The smallest absolute Gasteiger partial charge is 0.339 e. The number of para-hydroxylation sites is 2. The average Bonchev–Trinajstić information content (AvgIpc) is 2.77. The number of hydrogen-bond donors (Lipinski definition) is 2. The van der Waals surface area contributed by atoms with Crippen molar-refractivity contribution in [1.82, 2.24) is 5.09 Å². The quantitative estimate of drug-likeness (QED) is 0.249. The van der Waals surface area contributed by atoms with Gasteiger partial charge in [0, 0.05) is 22.8 Å². The highest BCUT2D eigenvalue weighted by Gasteiger charge is 2.40. The standard InChI is InChI=1S/C29H43N4Si/c1-18(2)24-13-11-14-25(19(3)4)28(24)32-22(9)17-23(10)33(34(32)31-30)29-26(20(5)6)15-12-16-27(29)21(7)8/h11-21,31H,9,30H2,1-8,10H3. The fourth-order valence-corrected chi connectivity index (χ4v) is 7.11. The summed E-state index contributed by atoms with van der Waals surface area (Å²) in [5.41, 5.74) is 10.1. The molecule has 0 spiro atoms. The highest BCUT2D eigenvalue weighted by Crippen LogP contribution is 2.43. The normalized spacial score (nSPS) is 15.4. The van der Waals surface area contributed by atoms with Crippen LogP contribution < -0.4 is 20.1 Å². The third-order valence-electron chi connectivity index (χ3n) is 6.70. The molecular weight excluding hydrogens is 432 g/mol. The molecule has 1 aliphatic rings. The first-order chi connectivity index (χ1) is 16.0. The van der Waals surface area contributed by atoms with Crippen LogP contribution in [-0.2, 0) is 0 Å². The van der Waals surface area contributed by atoms with Gasteiger partial charge in [-0.05, 0) is 58.9 Å². The molecule has 0 fully saturated rings. The minimum absolute atomic E-state index is 0.386. The first kappa shape index (κ1) is 26.3. The lowest BCUT2D eigenvalue weighted by Crippen LogP contribution is -2.65. The largest absolute Gasteiger partial charge is 0.420 e. The molecule has 0 unspecified atom stereocenters. The van der Waals surface area contributed by atoms with Crippen LogP contribution in [0.4, 0.5) is 11.4 Å². The highest BCUT2D eigenvalue weighted by molar-refractivity contribution is 6.67. The molecule has 0 saturated heterocycles. The first-order valence-electron chi connectivity index (χ1n) is 12.6. The van der Waals surface area contributed by atoms with E-state index in [0.717, 1.165) is 5.70 Å². The molecular formula is C29H43N4Si. The summed E-state index contributed by atoms with van der Waals surface area (Å²) >= 11 is 0. The topological polar surface area (TPSA) is 44.5 Å². The third-order valence-corrected chi connectivity index (χ3v) is 8.89. The lowest BCUT2D eigenvalue weighted by atomic mass is 9.92. The second kappa shape index (κ2) is 10.5. The summed E-state index contributed by atoms with van der Waals surface area (Å²) in [4.78, 5) is 0. The van der Waals surface area contributed by atoms with Crippen LogP contribution in [0.5, 0.6) is 0 Å². The molecule has 2 aromatic carbocycles. The Morgan fingerprint density at radius 3 is 1.38 bits per heavy atom. The van der Waals surface area contributed by atoms with Gasteiger partial charge >= 0.3 is 9.28 Å². The average molecular weight is 476 g/mol. The fourth-order valence-electron chi connectivity index (χ4n) is 4.97. The van der Waals surface area contributed by atoms with Gasteiger partial charge in [-0.1, -0.05) is 98.4 Å². The Labute approximate surface area is 209 Å². The minimum atomic E-state index is -1.66. The summed E-state index contributed by atoms with van der Waals surface area (Å²) in [6, 6.07) is 13.4. The summed E-state index contributed by atoms with van der Waals surface area (Å²) in [6.45, 7) is 24.9. The Morgan fingerprint density at radius 2 is 1.06 bits per heavy atom. The summed E-state index contributed by atoms with van der Waals surface area (Å²) in [5.74, 6) is 8.00. The molecule has 0 aromatic heterocycles. The Morgan fingerprint density at radius 1 is 0.706 bits per heavy atom. The molecule has 3 N–H and O–H groups in total. The predicted octanol–water partition coefficient (Wildman–Crippen LogP) is 7.37. The third kappa shape index (κ3) is 4.74. The predicted molar refractivity (Wildman–Crippen MR) is 150 cm³/mol. The van der Waals surface area contributed by atoms with Crippen molar-refractivity contribution in [3.05, 3.63) is 82.7 Å². The van der Waals surface area contributed by atoms with Crippen LogP contribution in [0.25, 0.3) is 0 Å². The summed E-state index contributed by atoms with van der Waals surface area (Å²) < 4.78 is 4.88. The number of hydrogen-bond acceptors (Lipinski definition) is 4. The molecule has 0 bridgehead atoms. The van der Waals surface area contributed by atoms with Crippen molar-refractivity contribution in [3.8, 4) is 0 Å². The van der Waals surface area contributed by atoms with Crippen LogP contribution in [0.15, 0.2) is 60.4 Å². The van der Waals surface area contributed by atoms with E-state index in [2.05, 4.69) is 126 Å². The number of nitrogens with zero attached hydrogens (tertiary/aromatic N) is 2. The highest BCUT2D eigenvalue weighted by atomic mass is 28.3. The summed E-state index contributed by atoms with van der Waals surface area (Å²) in [7, 11) is -1.66. The molecule has 183 valence electrons. The van der Waals surface area contributed by atoms with Crippen molar-refractivity contribution in [1.29, 1.82) is 0 Å². The van der Waals surface area contributed by atoms with Crippen LogP contribution >= 0.6 is 0 Å². The van der Waals surface area contributed by atoms with Gasteiger partial charge < -0.3 is 9.13 Å². The number of rotatable bonds is 7. The van der Waals surface area contributed by atoms with Gasteiger partial charge in [-0.25, -0.2) is 5.09 Å². The van der Waals surface area contributed by atoms with E-state index in [-0.39, 0.29) is 0 Å². The van der Waals surface area contributed by atoms with E-state index in [1.807, 2.05) is 0 Å². The van der Waals surface area contributed by atoms with E-state index in [1.165, 1.54) is 39.3 Å². The van der Waals surface area contributed by atoms with Crippen LogP contribution in [0.2, 0.25) is 0 Å². The number of nitrogens with one attached hydrogen (secondary N) is 1. The van der Waals surface area contributed by atoms with Gasteiger partial charge in [-0.2, -0.15) is 0 Å². The number of allylic oxidation sites excluding steroid dienone is 2. The first-order valence-corrected chi connectivity index (χ1v) is 14.0. The molecule has 1 heterocycles. The van der Waals surface area contributed by atoms with Crippen molar-refractivity contribution in [2.24, 2.45) is 5.84 Å². The second-order valence-corrected chi connectivity index (χ2v) is 12.4. The maximum atomic E-state index is 6.43. The summed E-state index contributed by atoms with van der Waals surface area (Å²) in [5, 5.41) is 3.28. The fraction of sp³-hybridized carbons (Fsp3) is 0.448. The van der Waals surface area contributed by atoms with Crippen LogP contribution in [0, 0.1) is 0 Å². The maximum absolute atomic E-state index is 6.43. The molecule has 0 aliphatic carbocycles. The molecule has 0 atom stereocenters. The monoisotopic (exact) mass is 475 g/mol. The van der Waals surface area contributed by atoms with E-state index in [9.17, 15) is 0 Å². The van der Waals surface area contributed by atoms with Gasteiger partial charge in [0.25, 0.3) is 0 Å². The minimum Gasteiger partial charge on any atom is -0.339 e. The van der Waals surface area contributed by atoms with Crippen LogP contribution in [0.1, 0.15) is 108 Å². The van der Waals surface area contributed by atoms with Gasteiger partial charge in [0.2, 0.25) is 0 Å². The number of hydrazine groups is 1. The zero-order valence-corrected chi connectivity index (χ0v) is 23.5. The number of nitrogens with two attached hydrogens (primary N) is 1. The zero-order valence-electron chi connectivity index (χ0n) is 22.5. The number of benzene rings is 2. The zero-order chi connectivity index (χ0) is 25.3. The van der Waals surface area contributed by atoms with E-state index in [1.54, 1.807) is 0 Å². The van der Waals surface area contributed by atoms with E-state index in [0.29, 0.717) is 23.7 Å². The molecule has 2 aromatic rings. The van der Waals surface area contributed by atoms with Gasteiger partial charge in [0.15, 0.2) is 0 Å². The van der Waals surface area contributed by atoms with Crippen LogP contribution in [0.3, 0.4) is 0 Å². The van der Waals surface area contributed by atoms with Crippen molar-refractivity contribution in [2.75, 3.05) is 9.13 Å². The molecule has 0 saturated carbocycles. The van der Waals surface area contributed by atoms with Gasteiger partial charge in [0.1, 0.15) is 0 Å². The Balaban J connectivity index is 2.34. The molecule has 5 heteroatoms. The molecule has 3 rings (SSSR count). The van der Waals surface area contributed by atoms with Crippen molar-refractivity contribution in [3.63, 3.8) is 0 Å². The van der Waals surface area contributed by atoms with Gasteiger partial charge in [0.05, 0.1) is 0 Å². The lowest BCUT2D eigenvalue weighted by molar-refractivity contribution is 0.817. The van der Waals surface area contributed by atoms with Crippen molar-refractivity contribution >= 4 is 20.7 Å². The Kier molecular flexibility index (Phi) is 8.12. The van der Waals surface area contributed by atoms with Gasteiger partial charge in [-0.15, -0.1) is 0 Å². The SMILES string of the molecule is C=C1C=C(C)N(c2c(C(C)C)cccc2C(C)C)[Si](NN)N1c1c(C(C)C)cccc1C(C)C. The van der Waals surface area contributed by atoms with E-state index < -0.39 is 9.28 Å². The Hall–Kier alpha value is -2.34. The molecule has 4 nitrogen and oxygen atoms in total. The molecule has 0 amide bonds. The molecule has 34 heavy (non-hydrogen) atoms. The van der Waals surface area contributed by atoms with Crippen molar-refractivity contribution < 1.29 is 0 Å². The number of anilines is 2. The second-order valence-electron chi connectivity index (χ2n) is 10.6. The maximum Gasteiger partial charge on any atom is 0.420 e. The summed E-state index contributed by atoms with van der Waals surface area (Å²) in [6.07, 6.45) is 2.22. The van der Waals surface area contributed by atoms with E-state index in [4.69, 9.17) is 5.84 Å². The molecule has 1 aliphatic heterocycles. The lowest BCUT2D eigenvalue weighted by Gasteiger charge is -2.46. The molecule has 1 radical (unpaired) electrons. The Bertz CT molecular complexity index is 1020. The van der Waals surface area contributed by atoms with E-state index >= 15 is 0 Å².